The van der Waals surface area contributed by atoms with E-state index in [0.29, 0.717) is 0 Å². The smallest absolute Gasteiger partial charge is 0.167 e. The number of nitrogens with zero attached hydrogens (tertiary/aromatic N) is 3. The standard InChI is InChI=1S/C21H19N3O/c1-3-23-17-10-6-4-8-15(17)20-22-16-9-5-7-11-18(16)24(20)21(23)19-13-12-14(2)25-19/h4-13,21H,3H2,1-2H3/t21-/m1/s1. The zero-order valence-corrected chi connectivity index (χ0v) is 14.3. The summed E-state index contributed by atoms with van der Waals surface area (Å²) in [7, 11) is 0. The number of hydrogen-bond donors (Lipinski definition) is 0. The first-order chi connectivity index (χ1) is 12.3. The van der Waals surface area contributed by atoms with Crippen LogP contribution in [-0.4, -0.2) is 16.1 Å². The number of furan rings is 1. The van der Waals surface area contributed by atoms with Crippen LogP contribution in [0.1, 0.15) is 24.6 Å². The van der Waals surface area contributed by atoms with Crippen LogP contribution in [-0.2, 0) is 0 Å². The molecule has 0 unspecified atom stereocenters. The second kappa shape index (κ2) is 5.24. The maximum absolute atomic E-state index is 6.05. The molecule has 1 aliphatic rings. The van der Waals surface area contributed by atoms with E-state index in [1.807, 2.05) is 19.1 Å². The number of aryl methyl sites for hydroxylation is 1. The summed E-state index contributed by atoms with van der Waals surface area (Å²) in [6, 6.07) is 20.9. The molecule has 0 fully saturated rings. The van der Waals surface area contributed by atoms with Gasteiger partial charge in [0.25, 0.3) is 0 Å². The van der Waals surface area contributed by atoms with Gasteiger partial charge in [0.05, 0.1) is 11.0 Å². The van der Waals surface area contributed by atoms with Gasteiger partial charge in [-0.25, -0.2) is 4.98 Å². The van der Waals surface area contributed by atoms with Crippen molar-refractivity contribution >= 4 is 16.7 Å². The fourth-order valence-electron chi connectivity index (χ4n) is 3.88. The van der Waals surface area contributed by atoms with Crippen molar-refractivity contribution in [1.82, 2.24) is 9.55 Å². The van der Waals surface area contributed by atoms with Gasteiger partial charge in [0, 0.05) is 17.8 Å². The van der Waals surface area contributed by atoms with E-state index in [0.717, 1.165) is 34.9 Å². The molecule has 0 bridgehead atoms. The summed E-state index contributed by atoms with van der Waals surface area (Å²) >= 11 is 0. The number of imidazole rings is 1. The molecule has 25 heavy (non-hydrogen) atoms. The Bertz CT molecular complexity index is 1080. The van der Waals surface area contributed by atoms with Crippen molar-refractivity contribution in [2.75, 3.05) is 11.4 Å². The van der Waals surface area contributed by atoms with Crippen LogP contribution in [0.5, 0.6) is 0 Å². The Kier molecular flexibility index (Phi) is 3.01. The Balaban J connectivity index is 1.88. The maximum Gasteiger partial charge on any atom is 0.167 e. The van der Waals surface area contributed by atoms with Crippen molar-refractivity contribution < 1.29 is 4.42 Å². The fraction of sp³-hybridized carbons (Fsp3) is 0.190. The van der Waals surface area contributed by atoms with Gasteiger partial charge >= 0.3 is 0 Å². The molecular formula is C21H19N3O. The molecule has 4 heteroatoms. The first kappa shape index (κ1) is 14.3. The summed E-state index contributed by atoms with van der Waals surface area (Å²) in [4.78, 5) is 7.32. The number of fused-ring (bicyclic) bond motifs is 5. The van der Waals surface area contributed by atoms with E-state index >= 15 is 0 Å². The highest BCUT2D eigenvalue weighted by Crippen LogP contribution is 2.44. The molecule has 0 saturated carbocycles. The number of anilines is 1. The molecular weight excluding hydrogens is 310 g/mol. The van der Waals surface area contributed by atoms with E-state index < -0.39 is 0 Å². The van der Waals surface area contributed by atoms with Gasteiger partial charge in [0.1, 0.15) is 17.3 Å². The van der Waals surface area contributed by atoms with Gasteiger partial charge in [-0.05, 0) is 50.2 Å². The third-order valence-corrected chi connectivity index (χ3v) is 4.95. The molecule has 0 saturated heterocycles. The minimum absolute atomic E-state index is 0.0315. The van der Waals surface area contributed by atoms with Gasteiger partial charge in [-0.15, -0.1) is 0 Å². The summed E-state index contributed by atoms with van der Waals surface area (Å²) in [6.07, 6.45) is -0.0315. The van der Waals surface area contributed by atoms with Crippen LogP contribution in [0.25, 0.3) is 22.4 Å². The van der Waals surface area contributed by atoms with Crippen molar-refractivity contribution in [2.24, 2.45) is 0 Å². The molecule has 4 aromatic rings. The Morgan fingerprint density at radius 1 is 1.00 bits per heavy atom. The molecule has 3 heterocycles. The molecule has 0 aliphatic carbocycles. The second-order valence-electron chi connectivity index (χ2n) is 6.42. The highest BCUT2D eigenvalue weighted by molar-refractivity contribution is 5.87. The minimum atomic E-state index is -0.0315. The summed E-state index contributed by atoms with van der Waals surface area (Å²) in [5.41, 5.74) is 4.51. The molecule has 5 rings (SSSR count). The van der Waals surface area contributed by atoms with Gasteiger partial charge < -0.3 is 9.32 Å². The van der Waals surface area contributed by atoms with E-state index in [1.54, 1.807) is 0 Å². The maximum atomic E-state index is 6.05. The van der Waals surface area contributed by atoms with Crippen molar-refractivity contribution in [3.05, 3.63) is 72.2 Å². The topological polar surface area (TPSA) is 34.2 Å². The lowest BCUT2D eigenvalue weighted by molar-refractivity contribution is 0.406. The summed E-state index contributed by atoms with van der Waals surface area (Å²) in [5, 5.41) is 0. The summed E-state index contributed by atoms with van der Waals surface area (Å²) in [6.45, 7) is 5.06. The Morgan fingerprint density at radius 3 is 2.60 bits per heavy atom. The lowest BCUT2D eigenvalue weighted by Gasteiger charge is -2.38. The largest absolute Gasteiger partial charge is 0.462 e. The fourth-order valence-corrected chi connectivity index (χ4v) is 3.88. The molecule has 1 aliphatic heterocycles. The van der Waals surface area contributed by atoms with Gasteiger partial charge in [0.15, 0.2) is 6.17 Å². The Morgan fingerprint density at radius 2 is 1.80 bits per heavy atom. The normalized spacial score (nSPS) is 16.1. The highest BCUT2D eigenvalue weighted by Gasteiger charge is 2.35. The van der Waals surface area contributed by atoms with E-state index in [9.17, 15) is 0 Å². The van der Waals surface area contributed by atoms with Gasteiger partial charge in [0.2, 0.25) is 0 Å². The van der Waals surface area contributed by atoms with Crippen LogP contribution in [0, 0.1) is 6.92 Å². The van der Waals surface area contributed by atoms with E-state index in [-0.39, 0.29) is 6.17 Å². The zero-order chi connectivity index (χ0) is 17.0. The first-order valence-corrected chi connectivity index (χ1v) is 8.67. The van der Waals surface area contributed by atoms with Crippen molar-refractivity contribution in [3.8, 4) is 11.4 Å². The average Bonchev–Trinajstić information content (AvgIpc) is 3.24. The zero-order valence-electron chi connectivity index (χ0n) is 14.3. The molecule has 1 atom stereocenters. The summed E-state index contributed by atoms with van der Waals surface area (Å²) < 4.78 is 8.36. The lowest BCUT2D eigenvalue weighted by Crippen LogP contribution is -2.36. The van der Waals surface area contributed by atoms with Crippen molar-refractivity contribution in [1.29, 1.82) is 0 Å². The van der Waals surface area contributed by atoms with Gasteiger partial charge in [-0.1, -0.05) is 24.3 Å². The number of benzene rings is 2. The van der Waals surface area contributed by atoms with Crippen LogP contribution in [0.3, 0.4) is 0 Å². The number of para-hydroxylation sites is 3. The molecule has 0 amide bonds. The number of hydrogen-bond acceptors (Lipinski definition) is 3. The predicted molar refractivity (Wildman–Crippen MR) is 99.8 cm³/mol. The number of rotatable bonds is 2. The average molecular weight is 329 g/mol. The lowest BCUT2D eigenvalue weighted by atomic mass is 10.1. The van der Waals surface area contributed by atoms with Crippen LogP contribution in [0.4, 0.5) is 5.69 Å². The number of aromatic nitrogens is 2. The van der Waals surface area contributed by atoms with E-state index in [1.165, 1.54) is 11.3 Å². The Hall–Kier alpha value is -3.01. The van der Waals surface area contributed by atoms with E-state index in [4.69, 9.17) is 9.40 Å². The van der Waals surface area contributed by atoms with Crippen LogP contribution < -0.4 is 4.90 Å². The third-order valence-electron chi connectivity index (χ3n) is 4.95. The van der Waals surface area contributed by atoms with Crippen LogP contribution >= 0.6 is 0 Å². The Labute approximate surface area is 146 Å². The second-order valence-corrected chi connectivity index (χ2v) is 6.42. The molecule has 2 aromatic heterocycles. The molecule has 4 nitrogen and oxygen atoms in total. The predicted octanol–water partition coefficient (Wildman–Crippen LogP) is 4.99. The van der Waals surface area contributed by atoms with E-state index in [2.05, 4.69) is 64.9 Å². The van der Waals surface area contributed by atoms with Gasteiger partial charge in [-0.3, -0.25) is 4.57 Å². The van der Waals surface area contributed by atoms with Crippen molar-refractivity contribution in [2.45, 2.75) is 20.0 Å². The highest BCUT2D eigenvalue weighted by atomic mass is 16.3. The summed E-state index contributed by atoms with van der Waals surface area (Å²) in [5.74, 6) is 2.87. The first-order valence-electron chi connectivity index (χ1n) is 8.67. The van der Waals surface area contributed by atoms with Crippen LogP contribution in [0.15, 0.2) is 65.1 Å². The van der Waals surface area contributed by atoms with Gasteiger partial charge in [-0.2, -0.15) is 0 Å². The molecule has 124 valence electrons. The van der Waals surface area contributed by atoms with Crippen molar-refractivity contribution in [3.63, 3.8) is 0 Å². The van der Waals surface area contributed by atoms with Crippen LogP contribution in [0.2, 0.25) is 0 Å². The minimum Gasteiger partial charge on any atom is -0.462 e. The SMILES string of the molecule is CCN1c2ccccc2-c2nc3ccccc3n2[C@@H]1c1ccc(C)o1. The quantitative estimate of drug-likeness (QED) is 0.519. The molecule has 0 spiro atoms. The monoisotopic (exact) mass is 329 g/mol. The molecule has 0 N–H and O–H groups in total. The third kappa shape index (κ3) is 1.97. The molecule has 2 aromatic carbocycles. The molecule has 0 radical (unpaired) electrons.